The highest BCUT2D eigenvalue weighted by molar-refractivity contribution is 9.10. The lowest BCUT2D eigenvalue weighted by Crippen LogP contribution is -2.37. The lowest BCUT2D eigenvalue weighted by Gasteiger charge is -2.31. The number of esters is 1. The van der Waals surface area contributed by atoms with Crippen molar-refractivity contribution in [2.24, 2.45) is 5.92 Å². The van der Waals surface area contributed by atoms with Crippen LogP contribution in [0.3, 0.4) is 0 Å². The average molecular weight is 451 g/mol. The highest BCUT2D eigenvalue weighted by Crippen LogP contribution is 2.35. The van der Waals surface area contributed by atoms with Crippen molar-refractivity contribution in [1.82, 2.24) is 15.0 Å². The fraction of sp³-hybridized carbons (Fsp3) is 0.412. The molecule has 10 nitrogen and oxygen atoms in total. The summed E-state index contributed by atoms with van der Waals surface area (Å²) in [7, 11) is 0. The van der Waals surface area contributed by atoms with E-state index in [0.29, 0.717) is 38.4 Å². The Balaban J connectivity index is 1.81. The minimum absolute atomic E-state index is 0.0670. The molecule has 1 N–H and O–H groups in total. The van der Waals surface area contributed by atoms with E-state index >= 15 is 0 Å². The quantitative estimate of drug-likeness (QED) is 0.401. The minimum Gasteiger partial charge on any atom is -0.466 e. The van der Waals surface area contributed by atoms with Gasteiger partial charge in [0.25, 0.3) is 0 Å². The van der Waals surface area contributed by atoms with Gasteiger partial charge in [-0.3, -0.25) is 14.9 Å². The molecule has 1 aliphatic heterocycles. The number of anilines is 3. The Morgan fingerprint density at radius 1 is 1.36 bits per heavy atom. The standard InChI is InChI=1S/C17H19BrN6O4/c1-2-28-17(25)11-5-7-23(8-6-11)16-14(24(26)27)15(20-10-21-16)22-13-4-3-12(18)9-19-13/h3-4,9-11H,2,5-8H2,1H3,(H,19,20,21,22). The summed E-state index contributed by atoms with van der Waals surface area (Å²) in [5.41, 5.74) is -0.221. The van der Waals surface area contributed by atoms with E-state index in [9.17, 15) is 14.9 Å². The second-order valence-electron chi connectivity index (χ2n) is 6.15. The van der Waals surface area contributed by atoms with Crippen LogP contribution < -0.4 is 10.2 Å². The number of ether oxygens (including phenoxy) is 1. The van der Waals surface area contributed by atoms with Crippen molar-refractivity contribution in [1.29, 1.82) is 0 Å². The maximum atomic E-state index is 11.9. The summed E-state index contributed by atoms with van der Waals surface area (Å²) in [5.74, 6) is 0.306. The maximum Gasteiger partial charge on any atom is 0.353 e. The summed E-state index contributed by atoms with van der Waals surface area (Å²) in [4.78, 5) is 37.3. The van der Waals surface area contributed by atoms with Gasteiger partial charge in [0.15, 0.2) is 0 Å². The van der Waals surface area contributed by atoms with Gasteiger partial charge in [0.1, 0.15) is 12.1 Å². The van der Waals surface area contributed by atoms with Crippen molar-refractivity contribution < 1.29 is 14.5 Å². The highest BCUT2D eigenvalue weighted by atomic mass is 79.9. The van der Waals surface area contributed by atoms with E-state index < -0.39 is 4.92 Å². The van der Waals surface area contributed by atoms with Crippen LogP contribution in [0.2, 0.25) is 0 Å². The van der Waals surface area contributed by atoms with Gasteiger partial charge in [0.2, 0.25) is 11.6 Å². The number of halogens is 1. The molecule has 3 heterocycles. The number of nitrogens with zero attached hydrogens (tertiary/aromatic N) is 5. The lowest BCUT2D eigenvalue weighted by atomic mass is 9.97. The van der Waals surface area contributed by atoms with Crippen molar-refractivity contribution >= 4 is 45.0 Å². The fourth-order valence-electron chi connectivity index (χ4n) is 3.02. The second-order valence-corrected chi connectivity index (χ2v) is 7.07. The summed E-state index contributed by atoms with van der Waals surface area (Å²) < 4.78 is 5.86. The summed E-state index contributed by atoms with van der Waals surface area (Å²) >= 11 is 3.29. The normalized spacial score (nSPS) is 14.6. The topological polar surface area (TPSA) is 123 Å². The zero-order valence-corrected chi connectivity index (χ0v) is 16.8. The number of hydrogen-bond donors (Lipinski definition) is 1. The van der Waals surface area contributed by atoms with E-state index in [-0.39, 0.29) is 29.2 Å². The molecule has 0 atom stereocenters. The first-order chi connectivity index (χ1) is 13.5. The number of pyridine rings is 1. The lowest BCUT2D eigenvalue weighted by molar-refractivity contribution is -0.383. The van der Waals surface area contributed by atoms with E-state index in [4.69, 9.17) is 4.74 Å². The van der Waals surface area contributed by atoms with Gasteiger partial charge in [0, 0.05) is 23.8 Å². The van der Waals surface area contributed by atoms with E-state index in [1.54, 1.807) is 30.2 Å². The molecule has 1 fully saturated rings. The molecule has 1 saturated heterocycles. The number of aromatic nitrogens is 3. The van der Waals surface area contributed by atoms with Gasteiger partial charge >= 0.3 is 11.7 Å². The van der Waals surface area contributed by atoms with E-state index in [1.165, 1.54) is 6.33 Å². The molecule has 2 aromatic rings. The minimum atomic E-state index is -0.506. The Kier molecular flexibility index (Phi) is 6.34. The summed E-state index contributed by atoms with van der Waals surface area (Å²) in [5, 5.41) is 14.6. The molecule has 2 aromatic heterocycles. The molecule has 0 amide bonds. The van der Waals surface area contributed by atoms with Crippen LogP contribution in [0.5, 0.6) is 0 Å². The summed E-state index contributed by atoms with van der Waals surface area (Å²) in [6.07, 6.45) is 3.96. The molecule has 11 heteroatoms. The Bertz CT molecular complexity index is 855. The van der Waals surface area contributed by atoms with Crippen LogP contribution in [0.15, 0.2) is 29.1 Å². The van der Waals surface area contributed by atoms with Crippen LogP contribution in [-0.2, 0) is 9.53 Å². The van der Waals surface area contributed by atoms with Crippen molar-refractivity contribution in [3.8, 4) is 0 Å². The van der Waals surface area contributed by atoms with Crippen LogP contribution in [0, 0.1) is 16.0 Å². The summed E-state index contributed by atoms with van der Waals surface area (Å²) in [6, 6.07) is 3.45. The Morgan fingerprint density at radius 2 is 2.11 bits per heavy atom. The van der Waals surface area contributed by atoms with Crippen LogP contribution in [0.4, 0.5) is 23.1 Å². The highest BCUT2D eigenvalue weighted by Gasteiger charge is 2.32. The number of hydrogen-bond acceptors (Lipinski definition) is 9. The molecular weight excluding hydrogens is 432 g/mol. The first kappa shape index (κ1) is 19.9. The molecule has 0 saturated carbocycles. The molecule has 0 spiro atoms. The zero-order chi connectivity index (χ0) is 20.1. The Labute approximate surface area is 169 Å². The molecule has 0 aromatic carbocycles. The molecule has 0 unspecified atom stereocenters. The molecule has 148 valence electrons. The third kappa shape index (κ3) is 4.53. The van der Waals surface area contributed by atoms with Crippen molar-refractivity contribution in [3.63, 3.8) is 0 Å². The van der Waals surface area contributed by atoms with Gasteiger partial charge in [-0.05, 0) is 47.8 Å². The van der Waals surface area contributed by atoms with Crippen LogP contribution in [0.1, 0.15) is 19.8 Å². The average Bonchev–Trinajstić information content (AvgIpc) is 2.69. The first-order valence-corrected chi connectivity index (χ1v) is 9.58. The first-order valence-electron chi connectivity index (χ1n) is 8.79. The predicted molar refractivity (Wildman–Crippen MR) is 105 cm³/mol. The molecule has 0 aliphatic carbocycles. The fourth-order valence-corrected chi connectivity index (χ4v) is 3.25. The Morgan fingerprint density at radius 3 is 2.71 bits per heavy atom. The molecule has 28 heavy (non-hydrogen) atoms. The van der Waals surface area contributed by atoms with Gasteiger partial charge in [-0.1, -0.05) is 0 Å². The van der Waals surface area contributed by atoms with E-state index in [2.05, 4.69) is 36.2 Å². The molecular formula is C17H19BrN6O4. The zero-order valence-electron chi connectivity index (χ0n) is 15.2. The summed E-state index contributed by atoms with van der Waals surface area (Å²) in [6.45, 7) is 3.05. The van der Waals surface area contributed by atoms with Crippen LogP contribution in [0.25, 0.3) is 0 Å². The second kappa shape index (κ2) is 8.91. The molecule has 0 radical (unpaired) electrons. The van der Waals surface area contributed by atoms with Crippen molar-refractivity contribution in [2.75, 3.05) is 29.9 Å². The van der Waals surface area contributed by atoms with Crippen LogP contribution >= 0.6 is 15.9 Å². The maximum absolute atomic E-state index is 11.9. The monoisotopic (exact) mass is 450 g/mol. The smallest absolute Gasteiger partial charge is 0.353 e. The van der Waals surface area contributed by atoms with Gasteiger partial charge in [0.05, 0.1) is 17.4 Å². The predicted octanol–water partition coefficient (Wildman–Crippen LogP) is 3.07. The molecule has 0 bridgehead atoms. The van der Waals surface area contributed by atoms with Crippen molar-refractivity contribution in [2.45, 2.75) is 19.8 Å². The molecule has 1 aliphatic rings. The van der Waals surface area contributed by atoms with Gasteiger partial charge in [-0.2, -0.15) is 0 Å². The van der Waals surface area contributed by atoms with Crippen molar-refractivity contribution in [3.05, 3.63) is 39.2 Å². The largest absolute Gasteiger partial charge is 0.466 e. The van der Waals surface area contributed by atoms with E-state index in [1.807, 2.05) is 0 Å². The third-order valence-corrected chi connectivity index (χ3v) is 4.84. The van der Waals surface area contributed by atoms with Crippen LogP contribution in [-0.4, -0.2) is 45.5 Å². The SMILES string of the molecule is CCOC(=O)C1CCN(c2ncnc(Nc3ccc(Br)cn3)c2[N+](=O)[O-])CC1. The molecule has 3 rings (SSSR count). The Hall–Kier alpha value is -2.82. The number of rotatable bonds is 6. The number of nitro groups is 1. The van der Waals surface area contributed by atoms with E-state index in [0.717, 1.165) is 4.47 Å². The third-order valence-electron chi connectivity index (χ3n) is 4.37. The number of carbonyl (C=O) groups is 1. The van der Waals surface area contributed by atoms with Gasteiger partial charge < -0.3 is 15.0 Å². The number of piperidine rings is 1. The van der Waals surface area contributed by atoms with Gasteiger partial charge in [-0.25, -0.2) is 15.0 Å². The number of carbonyl (C=O) groups excluding carboxylic acids is 1. The van der Waals surface area contributed by atoms with Gasteiger partial charge in [-0.15, -0.1) is 0 Å². The number of nitrogens with one attached hydrogen (secondary N) is 1.